The van der Waals surface area contributed by atoms with Gasteiger partial charge in [0.15, 0.2) is 12.6 Å². The van der Waals surface area contributed by atoms with Crippen LogP contribution in [-0.4, -0.2) is 165 Å². The number of carbonyl (C=O) groups is 2. The molecule has 0 aromatic heterocycles. The first kappa shape index (κ1) is 39.2. The molecule has 0 bridgehead atoms. The number of ether oxygens (including phenoxy) is 8. The summed E-state index contributed by atoms with van der Waals surface area (Å²) < 4.78 is 45.1. The largest absolute Gasteiger partial charge is 0.462 e. The van der Waals surface area contributed by atoms with E-state index in [1.807, 2.05) is 27.7 Å². The van der Waals surface area contributed by atoms with Crippen LogP contribution < -0.4 is 0 Å². The minimum absolute atomic E-state index is 0.0141. The van der Waals surface area contributed by atoms with Crippen LogP contribution in [0.1, 0.15) is 40.5 Å². The fraction of sp³-hybridized carbons (Fsp3) is 0.875. The molecule has 0 radical (unpaired) electrons. The van der Waals surface area contributed by atoms with Crippen molar-refractivity contribution in [2.75, 3.05) is 26.4 Å². The summed E-state index contributed by atoms with van der Waals surface area (Å²) in [5.74, 6) is -2.67. The summed E-state index contributed by atoms with van der Waals surface area (Å²) in [6.45, 7) is 5.38. The molecular formula is C32H50O18. The summed E-state index contributed by atoms with van der Waals surface area (Å²) in [7, 11) is 0. The SMILES string of the molecule is CC(C)CC(=O)OC[C@@]1(O)[C@H]2[C@H](OC(=O)CC(C)C)OC=C(CO[C@H]3O[C@@H](CO[C@H]4O[C@@H](CO)[C@H](O)[C@@H](O)[C@@H]4O)[C@H](O)[C@@H](O)[C@@H]3O)[C@H]2[C@@H]2O[C@@H]21. The Morgan fingerprint density at radius 1 is 0.780 bits per heavy atom. The smallest absolute Gasteiger partial charge is 0.309 e. The van der Waals surface area contributed by atoms with E-state index in [0.29, 0.717) is 5.57 Å². The summed E-state index contributed by atoms with van der Waals surface area (Å²) >= 11 is 0. The van der Waals surface area contributed by atoms with Gasteiger partial charge in [-0.05, 0) is 17.4 Å². The first-order valence-corrected chi connectivity index (χ1v) is 16.9. The van der Waals surface area contributed by atoms with Crippen LogP contribution in [0.2, 0.25) is 0 Å². The Bertz CT molecular complexity index is 1210. The number of carbonyl (C=O) groups excluding carboxylic acids is 2. The molecule has 0 amide bonds. The van der Waals surface area contributed by atoms with Gasteiger partial charge in [-0.15, -0.1) is 0 Å². The molecule has 4 fully saturated rings. The normalized spacial score (nSPS) is 43.9. The summed E-state index contributed by atoms with van der Waals surface area (Å²) in [4.78, 5) is 25.1. The lowest BCUT2D eigenvalue weighted by molar-refractivity contribution is -0.330. The van der Waals surface area contributed by atoms with Crippen LogP contribution in [-0.2, 0) is 47.5 Å². The second-order valence-corrected chi connectivity index (χ2v) is 14.5. The molecule has 0 spiro atoms. The number of aliphatic hydroxyl groups is 8. The zero-order valence-corrected chi connectivity index (χ0v) is 28.3. The van der Waals surface area contributed by atoms with Gasteiger partial charge in [-0.1, -0.05) is 27.7 Å². The van der Waals surface area contributed by atoms with Crippen LogP contribution in [0.5, 0.6) is 0 Å². The zero-order chi connectivity index (χ0) is 36.7. The highest BCUT2D eigenvalue weighted by atomic mass is 16.7. The Balaban J connectivity index is 1.27. The van der Waals surface area contributed by atoms with Crippen molar-refractivity contribution in [2.24, 2.45) is 23.7 Å². The van der Waals surface area contributed by atoms with E-state index in [9.17, 15) is 50.4 Å². The maximum absolute atomic E-state index is 12.7. The van der Waals surface area contributed by atoms with Crippen molar-refractivity contribution >= 4 is 11.9 Å². The Labute approximate surface area is 288 Å². The number of rotatable bonds is 14. The van der Waals surface area contributed by atoms with E-state index in [0.717, 1.165) is 0 Å². The summed E-state index contributed by atoms with van der Waals surface area (Å²) in [5, 5.41) is 83.5. The van der Waals surface area contributed by atoms with Gasteiger partial charge in [0.25, 0.3) is 0 Å². The van der Waals surface area contributed by atoms with Crippen LogP contribution in [0.3, 0.4) is 0 Å². The highest BCUT2D eigenvalue weighted by molar-refractivity contribution is 5.70. The first-order valence-electron chi connectivity index (χ1n) is 16.9. The van der Waals surface area contributed by atoms with Gasteiger partial charge in [-0.2, -0.15) is 0 Å². The lowest BCUT2D eigenvalue weighted by Crippen LogP contribution is -2.61. The average Bonchev–Trinajstić information content (AvgIpc) is 3.81. The molecule has 4 aliphatic heterocycles. The van der Waals surface area contributed by atoms with Crippen molar-refractivity contribution in [3.63, 3.8) is 0 Å². The third kappa shape index (κ3) is 8.12. The fourth-order valence-corrected chi connectivity index (χ4v) is 6.94. The Morgan fingerprint density at radius 3 is 1.98 bits per heavy atom. The summed E-state index contributed by atoms with van der Waals surface area (Å²) in [5.41, 5.74) is -1.38. The topological polar surface area (TPSA) is 273 Å². The van der Waals surface area contributed by atoms with Crippen molar-refractivity contribution in [1.29, 1.82) is 0 Å². The first-order chi connectivity index (χ1) is 23.6. The minimum atomic E-state index is -1.79. The summed E-state index contributed by atoms with van der Waals surface area (Å²) in [6, 6.07) is 0. The van der Waals surface area contributed by atoms with Crippen LogP contribution in [0.15, 0.2) is 11.8 Å². The highest BCUT2D eigenvalue weighted by Crippen LogP contribution is 2.59. The molecule has 5 rings (SSSR count). The third-order valence-corrected chi connectivity index (χ3v) is 9.63. The standard InChI is InChI=1S/C32H50O18/c1-12(2)5-17(34)46-11-32(42)20-19(27-28(32)50-27)14(8-43-29(20)49-18(35)6-13(3)4)9-44-30-26(41)24(39)22(37)16(48-30)10-45-31-25(40)23(38)21(36)15(7-33)47-31/h8,12-13,15-16,19-31,33,36-42H,5-7,9-11H2,1-4H3/t15-,16-,19+,20+,21-,22-,23+,24+,25-,26-,27-,28-,29-,30-,31-,32+/m0/s1. The third-order valence-electron chi connectivity index (χ3n) is 9.63. The van der Waals surface area contributed by atoms with Crippen LogP contribution in [0.25, 0.3) is 0 Å². The number of hydrogen-bond donors (Lipinski definition) is 8. The van der Waals surface area contributed by atoms with Gasteiger partial charge in [-0.3, -0.25) is 9.59 Å². The van der Waals surface area contributed by atoms with Crippen molar-refractivity contribution in [1.82, 2.24) is 0 Å². The fourth-order valence-electron chi connectivity index (χ4n) is 6.94. The molecular weight excluding hydrogens is 672 g/mol. The van der Waals surface area contributed by atoms with E-state index in [1.54, 1.807) is 0 Å². The molecule has 4 heterocycles. The average molecular weight is 723 g/mol. The number of fused-ring (bicyclic) bond motifs is 3. The van der Waals surface area contributed by atoms with E-state index in [4.69, 9.17) is 37.9 Å². The Kier molecular flexibility index (Phi) is 12.5. The van der Waals surface area contributed by atoms with Gasteiger partial charge in [0.1, 0.15) is 67.1 Å². The van der Waals surface area contributed by atoms with Gasteiger partial charge < -0.3 is 78.7 Å². The molecule has 0 aromatic carbocycles. The van der Waals surface area contributed by atoms with Crippen LogP contribution >= 0.6 is 0 Å². The van der Waals surface area contributed by atoms with Crippen molar-refractivity contribution in [3.05, 3.63) is 11.8 Å². The highest BCUT2D eigenvalue weighted by Gasteiger charge is 2.74. The quantitative estimate of drug-likeness (QED) is 0.0647. The van der Waals surface area contributed by atoms with Gasteiger partial charge >= 0.3 is 11.9 Å². The second-order valence-electron chi connectivity index (χ2n) is 14.5. The molecule has 8 N–H and O–H groups in total. The van der Waals surface area contributed by atoms with Crippen molar-refractivity contribution < 1.29 is 88.3 Å². The number of aliphatic hydroxyl groups excluding tert-OH is 7. The van der Waals surface area contributed by atoms with E-state index in [2.05, 4.69) is 0 Å². The van der Waals surface area contributed by atoms with E-state index >= 15 is 0 Å². The molecule has 1 saturated carbocycles. The molecule has 0 unspecified atom stereocenters. The van der Waals surface area contributed by atoms with Gasteiger partial charge in [0.2, 0.25) is 6.29 Å². The van der Waals surface area contributed by atoms with E-state index in [-0.39, 0.29) is 31.3 Å². The van der Waals surface area contributed by atoms with Gasteiger partial charge in [0.05, 0.1) is 38.1 Å². The van der Waals surface area contributed by atoms with Gasteiger partial charge in [0, 0.05) is 18.8 Å². The van der Waals surface area contributed by atoms with Crippen molar-refractivity contribution in [2.45, 2.75) is 126 Å². The second kappa shape index (κ2) is 15.9. The summed E-state index contributed by atoms with van der Waals surface area (Å²) in [6.07, 6.45) is -17.1. The minimum Gasteiger partial charge on any atom is -0.462 e. The molecule has 16 atom stereocenters. The maximum Gasteiger partial charge on any atom is 0.309 e. The number of esters is 2. The lowest BCUT2D eigenvalue weighted by Gasteiger charge is -2.43. The van der Waals surface area contributed by atoms with E-state index in [1.165, 1.54) is 6.26 Å². The zero-order valence-electron chi connectivity index (χ0n) is 28.3. The molecule has 3 saturated heterocycles. The van der Waals surface area contributed by atoms with Gasteiger partial charge in [-0.25, -0.2) is 0 Å². The number of epoxide rings is 1. The molecule has 0 aromatic rings. The number of hydrogen-bond acceptors (Lipinski definition) is 18. The molecule has 1 aliphatic carbocycles. The lowest BCUT2D eigenvalue weighted by atomic mass is 9.79. The van der Waals surface area contributed by atoms with E-state index < -0.39 is 129 Å². The monoisotopic (exact) mass is 722 g/mol. The molecule has 5 aliphatic rings. The molecule has 18 nitrogen and oxygen atoms in total. The predicted octanol–water partition coefficient (Wildman–Crippen LogP) is -3.21. The maximum atomic E-state index is 12.7. The Hall–Kier alpha value is -2.04. The Morgan fingerprint density at radius 2 is 1.36 bits per heavy atom. The molecule has 50 heavy (non-hydrogen) atoms. The van der Waals surface area contributed by atoms with Crippen LogP contribution in [0.4, 0.5) is 0 Å². The predicted molar refractivity (Wildman–Crippen MR) is 162 cm³/mol. The van der Waals surface area contributed by atoms with Crippen LogP contribution in [0, 0.1) is 23.7 Å². The van der Waals surface area contributed by atoms with Crippen molar-refractivity contribution in [3.8, 4) is 0 Å². The molecule has 18 heteroatoms. The molecule has 286 valence electrons.